The van der Waals surface area contributed by atoms with Gasteiger partial charge in [0.25, 0.3) is 11.5 Å². The molecule has 0 fully saturated rings. The SMILES string of the molecule is OC(COc1nc(-c2cc(-c3ccon3)n(Cc3ccccc3F)n2)ncc1F)(C(F)(F)F)C(F)(F)F. The zero-order chi connectivity index (χ0) is 27.0. The largest absolute Gasteiger partial charge is 0.472 e. The van der Waals surface area contributed by atoms with Crippen LogP contribution in [0.1, 0.15) is 5.56 Å². The molecule has 1 aromatic carbocycles. The van der Waals surface area contributed by atoms with E-state index < -0.39 is 47.9 Å². The molecule has 0 unspecified atom stereocenters. The molecule has 3 aromatic heterocycles. The van der Waals surface area contributed by atoms with Crippen molar-refractivity contribution in [3.8, 4) is 28.8 Å². The maximum atomic E-state index is 14.2. The summed E-state index contributed by atoms with van der Waals surface area (Å²) in [6.45, 7) is -2.57. The minimum absolute atomic E-state index is 0.135. The Morgan fingerprint density at radius 1 is 0.946 bits per heavy atom. The fraction of sp³-hybridized carbons (Fsp3) is 0.238. The van der Waals surface area contributed by atoms with Gasteiger partial charge < -0.3 is 14.4 Å². The lowest BCUT2D eigenvalue weighted by atomic mass is 10.0. The molecule has 1 N–H and O–H groups in total. The Morgan fingerprint density at radius 2 is 1.65 bits per heavy atom. The number of hydrogen-bond acceptors (Lipinski definition) is 7. The summed E-state index contributed by atoms with van der Waals surface area (Å²) in [5.74, 6) is -3.82. The van der Waals surface area contributed by atoms with Crippen molar-refractivity contribution in [2.75, 3.05) is 6.61 Å². The molecular weight excluding hydrogens is 522 g/mol. The molecule has 37 heavy (non-hydrogen) atoms. The number of aliphatic hydroxyl groups is 1. The molecule has 0 radical (unpaired) electrons. The van der Waals surface area contributed by atoms with E-state index in [0.29, 0.717) is 6.20 Å². The van der Waals surface area contributed by atoms with E-state index in [4.69, 9.17) is 4.52 Å². The van der Waals surface area contributed by atoms with Crippen molar-refractivity contribution in [1.82, 2.24) is 24.9 Å². The number of halogens is 8. The zero-order valence-electron chi connectivity index (χ0n) is 18.1. The van der Waals surface area contributed by atoms with Crippen LogP contribution < -0.4 is 4.74 Å². The third-order valence-electron chi connectivity index (χ3n) is 5.05. The Hall–Kier alpha value is -4.08. The van der Waals surface area contributed by atoms with Crippen molar-refractivity contribution in [2.45, 2.75) is 24.5 Å². The summed E-state index contributed by atoms with van der Waals surface area (Å²) in [6, 6.07) is 8.48. The van der Waals surface area contributed by atoms with Gasteiger partial charge in [-0.2, -0.15) is 40.8 Å². The second-order valence-electron chi connectivity index (χ2n) is 7.54. The van der Waals surface area contributed by atoms with Crippen molar-refractivity contribution >= 4 is 0 Å². The third kappa shape index (κ3) is 5.09. The quantitative estimate of drug-likeness (QED) is 0.347. The van der Waals surface area contributed by atoms with Gasteiger partial charge in [0.05, 0.1) is 18.4 Å². The first-order valence-corrected chi connectivity index (χ1v) is 10.0. The number of rotatable bonds is 7. The molecular formula is C21H13F8N5O3. The van der Waals surface area contributed by atoms with Gasteiger partial charge in [0.15, 0.2) is 5.82 Å². The van der Waals surface area contributed by atoms with Gasteiger partial charge in [0.1, 0.15) is 30.1 Å². The van der Waals surface area contributed by atoms with Gasteiger partial charge in [0.2, 0.25) is 5.82 Å². The maximum Gasteiger partial charge on any atom is 0.429 e. The third-order valence-corrected chi connectivity index (χ3v) is 5.05. The summed E-state index contributed by atoms with van der Waals surface area (Å²) in [5.41, 5.74) is -4.75. The normalized spacial score (nSPS) is 12.7. The number of nitrogens with zero attached hydrogens (tertiary/aromatic N) is 5. The van der Waals surface area contributed by atoms with Crippen LogP contribution in [0.3, 0.4) is 0 Å². The van der Waals surface area contributed by atoms with E-state index in [0.717, 1.165) is 0 Å². The van der Waals surface area contributed by atoms with Gasteiger partial charge in [-0.3, -0.25) is 4.68 Å². The van der Waals surface area contributed by atoms with Crippen molar-refractivity contribution in [3.05, 3.63) is 66.1 Å². The minimum atomic E-state index is -6.18. The van der Waals surface area contributed by atoms with Crippen molar-refractivity contribution in [3.63, 3.8) is 0 Å². The average Bonchev–Trinajstić information content (AvgIpc) is 3.48. The van der Waals surface area contributed by atoms with Crippen molar-refractivity contribution in [2.24, 2.45) is 0 Å². The fourth-order valence-electron chi connectivity index (χ4n) is 3.06. The summed E-state index contributed by atoms with van der Waals surface area (Å²) < 4.78 is 116. The van der Waals surface area contributed by atoms with Crippen molar-refractivity contribution < 1.29 is 49.5 Å². The highest BCUT2D eigenvalue weighted by molar-refractivity contribution is 5.62. The zero-order valence-corrected chi connectivity index (χ0v) is 18.1. The lowest BCUT2D eigenvalue weighted by Crippen LogP contribution is -2.60. The second kappa shape index (κ2) is 9.42. The van der Waals surface area contributed by atoms with Crippen LogP contribution in [0, 0.1) is 11.6 Å². The lowest BCUT2D eigenvalue weighted by Gasteiger charge is -2.31. The Bertz CT molecular complexity index is 1370. The molecule has 4 rings (SSSR count). The molecule has 0 aliphatic rings. The predicted octanol–water partition coefficient (Wildman–Crippen LogP) is 4.56. The number of ether oxygens (including phenoxy) is 1. The molecule has 8 nitrogen and oxygen atoms in total. The van der Waals surface area contributed by atoms with E-state index in [1.54, 1.807) is 6.07 Å². The Morgan fingerprint density at radius 3 is 2.27 bits per heavy atom. The second-order valence-corrected chi connectivity index (χ2v) is 7.54. The van der Waals surface area contributed by atoms with Crippen LogP contribution in [-0.2, 0) is 6.54 Å². The summed E-state index contributed by atoms with van der Waals surface area (Å²) in [7, 11) is 0. The van der Waals surface area contributed by atoms with Gasteiger partial charge in [-0.25, -0.2) is 9.37 Å². The van der Waals surface area contributed by atoms with E-state index >= 15 is 0 Å². The first-order chi connectivity index (χ1) is 17.3. The van der Waals surface area contributed by atoms with Crippen LogP contribution >= 0.6 is 0 Å². The maximum absolute atomic E-state index is 14.2. The highest BCUT2D eigenvalue weighted by Gasteiger charge is 2.71. The molecule has 0 atom stereocenters. The molecule has 3 heterocycles. The first-order valence-electron chi connectivity index (χ1n) is 10.0. The molecule has 196 valence electrons. The molecule has 4 aromatic rings. The summed E-state index contributed by atoms with van der Waals surface area (Å²) >= 11 is 0. The Kier molecular flexibility index (Phi) is 6.62. The molecule has 0 saturated carbocycles. The topological polar surface area (TPSA) is 99.1 Å². The van der Waals surface area contributed by atoms with Gasteiger partial charge in [-0.1, -0.05) is 23.4 Å². The van der Waals surface area contributed by atoms with E-state index in [1.807, 2.05) is 0 Å². The van der Waals surface area contributed by atoms with Crippen LogP contribution in [0.15, 0.2) is 53.4 Å². The van der Waals surface area contributed by atoms with Crippen LogP contribution in [0.2, 0.25) is 0 Å². The molecule has 0 bridgehead atoms. The van der Waals surface area contributed by atoms with E-state index in [9.17, 15) is 40.2 Å². The van der Waals surface area contributed by atoms with Crippen molar-refractivity contribution in [1.29, 1.82) is 0 Å². The standard InChI is InChI=1S/C21H13F8N5O3/c22-12-4-2-1-3-11(12)9-34-16(14-5-6-37-33-14)7-15(32-34)17-30-8-13(23)18(31-17)36-10-19(35,20(24,25)26)21(27,28)29/h1-8,35H,9-10H2. The first kappa shape index (κ1) is 26.0. The minimum Gasteiger partial charge on any atom is -0.472 e. The summed E-state index contributed by atoms with van der Waals surface area (Å²) in [6.07, 6.45) is -10.7. The molecule has 0 aliphatic heterocycles. The number of benzene rings is 1. The highest BCUT2D eigenvalue weighted by Crippen LogP contribution is 2.43. The Balaban J connectivity index is 1.69. The average molecular weight is 535 g/mol. The van der Waals surface area contributed by atoms with Gasteiger partial charge in [-0.15, -0.1) is 0 Å². The number of hydrogen-bond donors (Lipinski definition) is 1. The predicted molar refractivity (Wildman–Crippen MR) is 107 cm³/mol. The molecule has 0 spiro atoms. The highest BCUT2D eigenvalue weighted by atomic mass is 19.4. The van der Waals surface area contributed by atoms with Gasteiger partial charge in [0, 0.05) is 11.6 Å². The summed E-state index contributed by atoms with van der Waals surface area (Å²) in [5, 5.41) is 17.2. The Labute approximate surface area is 201 Å². The number of alkyl halides is 6. The van der Waals surface area contributed by atoms with Gasteiger partial charge >= 0.3 is 12.4 Å². The molecule has 0 amide bonds. The van der Waals surface area contributed by atoms with Gasteiger partial charge in [-0.05, 0) is 12.1 Å². The van der Waals surface area contributed by atoms with E-state index in [2.05, 4.69) is 25.0 Å². The van der Waals surface area contributed by atoms with E-state index in [1.165, 1.54) is 41.3 Å². The molecule has 0 saturated heterocycles. The number of aromatic nitrogens is 5. The van der Waals surface area contributed by atoms with Crippen LogP contribution in [-0.4, -0.2) is 54.6 Å². The molecule has 16 heteroatoms. The van der Waals surface area contributed by atoms with Crippen LogP contribution in [0.25, 0.3) is 22.9 Å². The van der Waals surface area contributed by atoms with E-state index in [-0.39, 0.29) is 29.2 Å². The van der Waals surface area contributed by atoms with Crippen LogP contribution in [0.5, 0.6) is 5.88 Å². The smallest absolute Gasteiger partial charge is 0.429 e. The monoisotopic (exact) mass is 535 g/mol. The molecule has 0 aliphatic carbocycles. The fourth-order valence-corrected chi connectivity index (χ4v) is 3.06. The lowest BCUT2D eigenvalue weighted by molar-refractivity contribution is -0.373. The van der Waals surface area contributed by atoms with Crippen LogP contribution in [0.4, 0.5) is 35.1 Å². The summed E-state index contributed by atoms with van der Waals surface area (Å²) in [4.78, 5) is 7.17.